The van der Waals surface area contributed by atoms with Crippen molar-refractivity contribution in [2.75, 3.05) is 0 Å². The van der Waals surface area contributed by atoms with Crippen LogP contribution in [-0.4, -0.2) is 59.3 Å². The standard InChI is InChI=1S/C20H24O7/c1-6-8(2)18(22)24-11-7-20(5)17(27-20)16-14(25-16)10(4)13(21)15-12(11)9(3)19(23)26-15/h6,11-17,21H,3-4,7H2,1-2,5H3/b8-6-/t11-,12+,13+,14-,15-,16-,17+,20-/m0/s1. The SMILES string of the molecule is C=C1C(=O)O[C@H]2[C@H]1[C@@H](OC(=O)/C(C)=C\C)C[C@]1(C)O[C@@H]1[C@H]1O[C@H]1C(=C)[C@H]2O. The van der Waals surface area contributed by atoms with Crippen LogP contribution < -0.4 is 0 Å². The molecule has 0 aromatic heterocycles. The summed E-state index contributed by atoms with van der Waals surface area (Å²) in [7, 11) is 0. The molecule has 1 saturated carbocycles. The Morgan fingerprint density at radius 3 is 2.74 bits per heavy atom. The summed E-state index contributed by atoms with van der Waals surface area (Å²) >= 11 is 0. The number of rotatable bonds is 2. The van der Waals surface area contributed by atoms with E-state index < -0.39 is 41.8 Å². The van der Waals surface area contributed by atoms with Gasteiger partial charge in [-0.1, -0.05) is 19.2 Å². The molecule has 0 bridgehead atoms. The Morgan fingerprint density at radius 2 is 2.07 bits per heavy atom. The lowest BCUT2D eigenvalue weighted by Crippen LogP contribution is -2.44. The largest absolute Gasteiger partial charge is 0.458 e. The van der Waals surface area contributed by atoms with E-state index in [1.807, 2.05) is 6.92 Å². The van der Waals surface area contributed by atoms with E-state index in [4.69, 9.17) is 18.9 Å². The molecule has 27 heavy (non-hydrogen) atoms. The zero-order chi connectivity index (χ0) is 19.7. The molecule has 0 aromatic carbocycles. The van der Waals surface area contributed by atoms with Crippen molar-refractivity contribution in [3.05, 3.63) is 36.0 Å². The Morgan fingerprint density at radius 1 is 1.37 bits per heavy atom. The number of ether oxygens (including phenoxy) is 4. The third-order valence-electron chi connectivity index (χ3n) is 6.10. The number of carbonyl (C=O) groups excluding carboxylic acids is 2. The lowest BCUT2D eigenvalue weighted by molar-refractivity contribution is -0.151. The van der Waals surface area contributed by atoms with Gasteiger partial charge in [0.05, 0.1) is 11.5 Å². The van der Waals surface area contributed by atoms with Crippen molar-refractivity contribution in [3.8, 4) is 0 Å². The first-order chi connectivity index (χ1) is 12.7. The van der Waals surface area contributed by atoms with Gasteiger partial charge < -0.3 is 24.1 Å². The number of aliphatic hydroxyl groups excluding tert-OH is 1. The minimum absolute atomic E-state index is 0.168. The summed E-state index contributed by atoms with van der Waals surface area (Å²) in [5.41, 5.74) is 0.519. The van der Waals surface area contributed by atoms with E-state index in [1.54, 1.807) is 19.9 Å². The summed E-state index contributed by atoms with van der Waals surface area (Å²) in [5, 5.41) is 10.8. The second-order valence-corrected chi connectivity index (χ2v) is 7.93. The molecule has 0 amide bonds. The second kappa shape index (κ2) is 6.02. The smallest absolute Gasteiger partial charge is 0.334 e. The molecule has 4 rings (SSSR count). The van der Waals surface area contributed by atoms with Gasteiger partial charge in [-0.2, -0.15) is 0 Å². The van der Waals surface area contributed by atoms with Crippen molar-refractivity contribution in [1.29, 1.82) is 0 Å². The fourth-order valence-electron chi connectivity index (χ4n) is 4.16. The molecule has 1 N–H and O–H groups in total. The molecule has 4 fully saturated rings. The van der Waals surface area contributed by atoms with E-state index >= 15 is 0 Å². The molecular formula is C20H24O7. The van der Waals surface area contributed by atoms with Crippen LogP contribution in [0.3, 0.4) is 0 Å². The zero-order valence-electron chi connectivity index (χ0n) is 15.6. The topological polar surface area (TPSA) is 97.9 Å². The maximum Gasteiger partial charge on any atom is 0.334 e. The van der Waals surface area contributed by atoms with E-state index in [1.165, 1.54) is 0 Å². The molecule has 7 nitrogen and oxygen atoms in total. The number of hydrogen-bond acceptors (Lipinski definition) is 7. The van der Waals surface area contributed by atoms with Crippen LogP contribution >= 0.6 is 0 Å². The summed E-state index contributed by atoms with van der Waals surface area (Å²) in [6.45, 7) is 13.1. The highest BCUT2D eigenvalue weighted by molar-refractivity contribution is 5.91. The summed E-state index contributed by atoms with van der Waals surface area (Å²) in [6, 6.07) is 0. The molecule has 0 aromatic rings. The average molecular weight is 376 g/mol. The molecule has 1 aliphatic carbocycles. The fourth-order valence-corrected chi connectivity index (χ4v) is 4.16. The monoisotopic (exact) mass is 376 g/mol. The predicted molar refractivity (Wildman–Crippen MR) is 93.5 cm³/mol. The summed E-state index contributed by atoms with van der Waals surface area (Å²) in [4.78, 5) is 24.6. The van der Waals surface area contributed by atoms with Crippen molar-refractivity contribution in [2.24, 2.45) is 5.92 Å². The van der Waals surface area contributed by atoms with Crippen molar-refractivity contribution in [1.82, 2.24) is 0 Å². The maximum absolute atomic E-state index is 12.4. The highest BCUT2D eigenvalue weighted by atomic mass is 16.7. The Labute approximate surface area is 157 Å². The molecule has 4 aliphatic rings. The van der Waals surface area contributed by atoms with Crippen molar-refractivity contribution in [2.45, 2.75) is 69.4 Å². The third-order valence-corrected chi connectivity index (χ3v) is 6.10. The number of epoxide rings is 2. The third kappa shape index (κ3) is 2.85. The quantitative estimate of drug-likeness (QED) is 0.335. The first-order valence-corrected chi connectivity index (χ1v) is 9.11. The van der Waals surface area contributed by atoms with Gasteiger partial charge in [0, 0.05) is 17.6 Å². The van der Waals surface area contributed by atoms with E-state index in [0.717, 1.165) is 0 Å². The van der Waals surface area contributed by atoms with Crippen LogP contribution in [0.25, 0.3) is 0 Å². The van der Waals surface area contributed by atoms with Crippen LogP contribution in [0.1, 0.15) is 27.2 Å². The lowest BCUT2D eigenvalue weighted by atomic mass is 9.79. The molecule has 3 heterocycles. The van der Waals surface area contributed by atoms with E-state index in [2.05, 4.69) is 13.2 Å². The molecule has 146 valence electrons. The highest BCUT2D eigenvalue weighted by Gasteiger charge is 2.68. The summed E-state index contributed by atoms with van der Waals surface area (Å²) in [5.74, 6) is -1.78. The van der Waals surface area contributed by atoms with E-state index in [-0.39, 0.29) is 23.9 Å². The minimum Gasteiger partial charge on any atom is -0.458 e. The number of aliphatic hydroxyl groups is 1. The first kappa shape index (κ1) is 18.4. The molecule has 7 heteroatoms. The molecular weight excluding hydrogens is 352 g/mol. The van der Waals surface area contributed by atoms with Crippen LogP contribution in [0.15, 0.2) is 36.0 Å². The van der Waals surface area contributed by atoms with Crippen molar-refractivity contribution in [3.63, 3.8) is 0 Å². The molecule has 3 aliphatic heterocycles. The van der Waals surface area contributed by atoms with Crippen LogP contribution in [0, 0.1) is 5.92 Å². The molecule has 0 spiro atoms. The molecule has 0 radical (unpaired) electrons. The number of carbonyl (C=O) groups is 2. The van der Waals surface area contributed by atoms with Gasteiger partial charge in [0.15, 0.2) is 0 Å². The Hall–Kier alpha value is -1.96. The van der Waals surface area contributed by atoms with Gasteiger partial charge in [0.2, 0.25) is 0 Å². The summed E-state index contributed by atoms with van der Waals surface area (Å²) < 4.78 is 22.7. The second-order valence-electron chi connectivity index (χ2n) is 7.93. The average Bonchev–Trinajstić information content (AvgIpc) is 3.51. The van der Waals surface area contributed by atoms with Crippen molar-refractivity contribution >= 4 is 11.9 Å². The van der Waals surface area contributed by atoms with Gasteiger partial charge in [-0.05, 0) is 26.3 Å². The van der Waals surface area contributed by atoms with Gasteiger partial charge in [-0.3, -0.25) is 0 Å². The van der Waals surface area contributed by atoms with Crippen LogP contribution in [-0.2, 0) is 28.5 Å². The Kier molecular flexibility index (Phi) is 4.10. The van der Waals surface area contributed by atoms with Crippen molar-refractivity contribution < 1.29 is 33.6 Å². The fraction of sp³-hybridized carbons (Fsp3) is 0.600. The minimum atomic E-state index is -1.14. The number of allylic oxidation sites excluding steroid dienone is 1. The first-order valence-electron chi connectivity index (χ1n) is 9.11. The molecule has 3 saturated heterocycles. The number of fused-ring (bicyclic) bond motifs is 4. The van der Waals surface area contributed by atoms with Gasteiger partial charge >= 0.3 is 11.9 Å². The van der Waals surface area contributed by atoms with Gasteiger partial charge in [0.25, 0.3) is 0 Å². The van der Waals surface area contributed by atoms with E-state index in [0.29, 0.717) is 17.6 Å². The maximum atomic E-state index is 12.4. The normalized spacial score (nSPS) is 46.0. The van der Waals surface area contributed by atoms with Gasteiger partial charge in [0.1, 0.15) is 36.6 Å². The zero-order valence-corrected chi connectivity index (χ0v) is 15.6. The van der Waals surface area contributed by atoms with Crippen LogP contribution in [0.4, 0.5) is 0 Å². The molecule has 8 atom stereocenters. The van der Waals surface area contributed by atoms with Gasteiger partial charge in [-0.15, -0.1) is 0 Å². The number of esters is 2. The van der Waals surface area contributed by atoms with E-state index in [9.17, 15) is 14.7 Å². The molecule has 0 unspecified atom stereocenters. The number of hydrogen-bond donors (Lipinski definition) is 1. The van der Waals surface area contributed by atoms with Crippen LogP contribution in [0.2, 0.25) is 0 Å². The Bertz CT molecular complexity index is 768. The van der Waals surface area contributed by atoms with Crippen LogP contribution in [0.5, 0.6) is 0 Å². The van der Waals surface area contributed by atoms with Gasteiger partial charge in [-0.25, -0.2) is 9.59 Å². The Balaban J connectivity index is 1.70. The summed E-state index contributed by atoms with van der Waals surface area (Å²) in [6.07, 6.45) is -1.48. The highest BCUT2D eigenvalue weighted by Crippen LogP contribution is 2.54. The predicted octanol–water partition coefficient (Wildman–Crippen LogP) is 1.21. The lowest BCUT2D eigenvalue weighted by Gasteiger charge is -2.31.